The van der Waals surface area contributed by atoms with Gasteiger partial charge in [0, 0.05) is 24.6 Å². The number of benzene rings is 1. The van der Waals surface area contributed by atoms with Gasteiger partial charge in [-0.05, 0) is 36.6 Å². The van der Waals surface area contributed by atoms with Crippen molar-refractivity contribution in [2.75, 3.05) is 7.11 Å². The van der Waals surface area contributed by atoms with Gasteiger partial charge in [0.15, 0.2) is 0 Å². The largest absolute Gasteiger partial charge is 0.380 e. The van der Waals surface area contributed by atoms with Crippen molar-refractivity contribution in [3.05, 3.63) is 41.1 Å². The summed E-state index contributed by atoms with van der Waals surface area (Å²) >= 11 is 0. The highest BCUT2D eigenvalue weighted by atomic mass is 16.5. The van der Waals surface area contributed by atoms with E-state index in [-0.39, 0.29) is 17.7 Å². The first kappa shape index (κ1) is 14.7. The molecule has 1 aromatic heterocycles. The highest BCUT2D eigenvalue weighted by molar-refractivity contribution is 6.01. The van der Waals surface area contributed by atoms with Crippen molar-refractivity contribution < 1.29 is 14.3 Å². The number of imide groups is 1. The molecular weight excluding hydrogens is 280 g/mol. The molecule has 0 spiro atoms. The third kappa shape index (κ3) is 2.72. The molecule has 2 heterocycles. The molecule has 3 rings (SSSR count). The zero-order chi connectivity index (χ0) is 15.7. The minimum Gasteiger partial charge on any atom is -0.380 e. The Labute approximate surface area is 128 Å². The Balaban J connectivity index is 2.00. The van der Waals surface area contributed by atoms with Gasteiger partial charge in [-0.1, -0.05) is 12.1 Å². The van der Waals surface area contributed by atoms with Crippen molar-refractivity contribution in [3.63, 3.8) is 0 Å². The topological polar surface area (TPSA) is 68.3 Å². The molecule has 1 unspecified atom stereocenters. The molecule has 1 saturated heterocycles. The summed E-state index contributed by atoms with van der Waals surface area (Å²) in [6, 6.07) is 8.00. The molecule has 1 aliphatic heterocycles. The Morgan fingerprint density at radius 3 is 2.86 bits per heavy atom. The number of aromatic nitrogens is 1. The van der Waals surface area contributed by atoms with Crippen LogP contribution in [0, 0.1) is 6.92 Å². The fourth-order valence-corrected chi connectivity index (χ4v) is 2.92. The number of rotatable bonds is 3. The van der Waals surface area contributed by atoms with Gasteiger partial charge >= 0.3 is 0 Å². The van der Waals surface area contributed by atoms with E-state index in [1.807, 2.05) is 31.2 Å². The van der Waals surface area contributed by atoms with Crippen molar-refractivity contribution in [3.8, 4) is 0 Å². The van der Waals surface area contributed by atoms with Crippen LogP contribution in [-0.2, 0) is 20.9 Å². The number of ether oxygens (including phenoxy) is 1. The minimum absolute atomic E-state index is 0.197. The number of amides is 2. The Morgan fingerprint density at radius 1 is 1.32 bits per heavy atom. The van der Waals surface area contributed by atoms with Crippen LogP contribution < -0.4 is 5.32 Å². The number of carbonyl (C=O) groups excluding carboxylic acids is 2. The summed E-state index contributed by atoms with van der Waals surface area (Å²) in [5.41, 5.74) is 3.69. The number of fused-ring (bicyclic) bond motifs is 1. The van der Waals surface area contributed by atoms with Crippen molar-refractivity contribution in [2.24, 2.45) is 0 Å². The summed E-state index contributed by atoms with van der Waals surface area (Å²) in [7, 11) is 1.66. The second kappa shape index (κ2) is 5.85. The molecular formula is C17H18N2O3. The molecule has 1 atom stereocenters. The van der Waals surface area contributed by atoms with Crippen molar-refractivity contribution >= 4 is 22.7 Å². The summed E-state index contributed by atoms with van der Waals surface area (Å²) in [6.45, 7) is 2.45. The average Bonchev–Trinajstić information content (AvgIpc) is 2.47. The third-order valence-corrected chi connectivity index (χ3v) is 4.04. The molecule has 1 aromatic carbocycles. The Bertz CT molecular complexity index is 755. The number of nitrogens with zero attached hydrogens (tertiary/aromatic N) is 1. The summed E-state index contributed by atoms with van der Waals surface area (Å²) in [4.78, 5) is 28.0. The lowest BCUT2D eigenvalue weighted by Gasteiger charge is -2.22. The van der Waals surface area contributed by atoms with E-state index in [9.17, 15) is 9.59 Å². The molecule has 114 valence electrons. The van der Waals surface area contributed by atoms with Crippen LogP contribution in [-0.4, -0.2) is 23.9 Å². The molecule has 5 heteroatoms. The summed E-state index contributed by atoms with van der Waals surface area (Å²) in [5, 5.41) is 3.40. The van der Waals surface area contributed by atoms with Gasteiger partial charge in [-0.25, -0.2) is 0 Å². The van der Waals surface area contributed by atoms with Crippen LogP contribution in [0.2, 0.25) is 0 Å². The molecule has 22 heavy (non-hydrogen) atoms. The number of aryl methyl sites for hydroxylation is 1. The molecule has 2 amide bonds. The van der Waals surface area contributed by atoms with Crippen LogP contribution >= 0.6 is 0 Å². The van der Waals surface area contributed by atoms with E-state index in [0.717, 1.165) is 27.7 Å². The van der Waals surface area contributed by atoms with Gasteiger partial charge in [-0.3, -0.25) is 19.9 Å². The molecule has 2 aromatic rings. The van der Waals surface area contributed by atoms with E-state index >= 15 is 0 Å². The third-order valence-electron chi connectivity index (χ3n) is 4.04. The zero-order valence-electron chi connectivity index (χ0n) is 12.7. The standard InChI is InChI=1S/C17H18N2O3/c1-10-14(13-5-6-16(20)19-17(13)21)8-12-4-3-11(9-22-2)7-15(12)18-10/h3-4,7-8,13H,5-6,9H2,1-2H3,(H,19,20,21). The summed E-state index contributed by atoms with van der Waals surface area (Å²) in [5.74, 6) is -0.721. The maximum atomic E-state index is 12.1. The van der Waals surface area contributed by atoms with Crippen LogP contribution in [0.4, 0.5) is 0 Å². The maximum Gasteiger partial charge on any atom is 0.234 e. The van der Waals surface area contributed by atoms with Gasteiger partial charge in [0.2, 0.25) is 11.8 Å². The smallest absolute Gasteiger partial charge is 0.234 e. The molecule has 0 saturated carbocycles. The van der Waals surface area contributed by atoms with E-state index in [1.165, 1.54) is 0 Å². The average molecular weight is 298 g/mol. The second-order valence-electron chi connectivity index (χ2n) is 5.63. The van der Waals surface area contributed by atoms with Gasteiger partial charge in [0.1, 0.15) is 0 Å². The molecule has 0 bridgehead atoms. The van der Waals surface area contributed by atoms with Gasteiger partial charge < -0.3 is 4.74 Å². The van der Waals surface area contributed by atoms with Gasteiger partial charge in [-0.2, -0.15) is 0 Å². The van der Waals surface area contributed by atoms with Crippen LogP contribution in [0.3, 0.4) is 0 Å². The number of hydrogen-bond acceptors (Lipinski definition) is 4. The zero-order valence-corrected chi connectivity index (χ0v) is 12.7. The predicted octanol–water partition coefficient (Wildman–Crippen LogP) is 2.21. The Morgan fingerprint density at radius 2 is 2.14 bits per heavy atom. The van der Waals surface area contributed by atoms with Crippen LogP contribution in [0.1, 0.15) is 35.6 Å². The van der Waals surface area contributed by atoms with Crippen LogP contribution in [0.15, 0.2) is 24.3 Å². The van der Waals surface area contributed by atoms with E-state index in [2.05, 4.69) is 10.3 Å². The Hall–Kier alpha value is -2.27. The number of carbonyl (C=O) groups is 2. The van der Waals surface area contributed by atoms with Crippen molar-refractivity contribution in [2.45, 2.75) is 32.3 Å². The predicted molar refractivity (Wildman–Crippen MR) is 82.3 cm³/mol. The minimum atomic E-state index is -0.298. The van der Waals surface area contributed by atoms with Gasteiger partial charge in [0.25, 0.3) is 0 Å². The molecule has 1 N–H and O–H groups in total. The lowest BCUT2D eigenvalue weighted by molar-refractivity contribution is -0.134. The van der Waals surface area contributed by atoms with E-state index < -0.39 is 0 Å². The molecule has 1 fully saturated rings. The number of methoxy groups -OCH3 is 1. The highest BCUT2D eigenvalue weighted by Gasteiger charge is 2.29. The van der Waals surface area contributed by atoms with Gasteiger partial charge in [-0.15, -0.1) is 0 Å². The Kier molecular flexibility index (Phi) is 3.90. The quantitative estimate of drug-likeness (QED) is 0.882. The first-order chi connectivity index (χ1) is 10.6. The van der Waals surface area contributed by atoms with E-state index in [0.29, 0.717) is 19.4 Å². The normalized spacial score (nSPS) is 18.5. The molecule has 5 nitrogen and oxygen atoms in total. The fraction of sp³-hybridized carbons (Fsp3) is 0.353. The van der Waals surface area contributed by atoms with E-state index in [4.69, 9.17) is 4.74 Å². The van der Waals surface area contributed by atoms with Crippen LogP contribution in [0.25, 0.3) is 10.9 Å². The van der Waals surface area contributed by atoms with Crippen molar-refractivity contribution in [1.29, 1.82) is 0 Å². The lowest BCUT2D eigenvalue weighted by atomic mass is 9.89. The van der Waals surface area contributed by atoms with Crippen molar-refractivity contribution in [1.82, 2.24) is 10.3 Å². The highest BCUT2D eigenvalue weighted by Crippen LogP contribution is 2.29. The monoisotopic (exact) mass is 298 g/mol. The summed E-state index contributed by atoms with van der Waals surface area (Å²) in [6.07, 6.45) is 0.918. The molecule has 0 aliphatic carbocycles. The maximum absolute atomic E-state index is 12.1. The number of nitrogens with one attached hydrogen (secondary N) is 1. The fourth-order valence-electron chi connectivity index (χ4n) is 2.92. The molecule has 0 radical (unpaired) electrons. The second-order valence-corrected chi connectivity index (χ2v) is 5.63. The SMILES string of the molecule is COCc1ccc2cc(C3CCC(=O)NC3=O)c(C)nc2c1. The number of hydrogen-bond donors (Lipinski definition) is 1. The number of piperidine rings is 1. The number of pyridine rings is 1. The van der Waals surface area contributed by atoms with E-state index in [1.54, 1.807) is 7.11 Å². The first-order valence-corrected chi connectivity index (χ1v) is 7.31. The van der Waals surface area contributed by atoms with Crippen LogP contribution in [0.5, 0.6) is 0 Å². The van der Waals surface area contributed by atoms with Gasteiger partial charge in [0.05, 0.1) is 18.0 Å². The molecule has 1 aliphatic rings. The lowest BCUT2D eigenvalue weighted by Crippen LogP contribution is -2.39. The summed E-state index contributed by atoms with van der Waals surface area (Å²) < 4.78 is 5.14. The first-order valence-electron chi connectivity index (χ1n) is 7.31.